The average Bonchev–Trinajstić information content (AvgIpc) is 2.55. The fraction of sp³-hybridized carbons (Fsp3) is 0.250. The third-order valence-corrected chi connectivity index (χ3v) is 3.90. The van der Waals surface area contributed by atoms with E-state index in [-0.39, 0.29) is 24.1 Å². The van der Waals surface area contributed by atoms with Crippen LogP contribution in [0, 0.1) is 13.8 Å². The molecule has 5 nitrogen and oxygen atoms in total. The average molecular weight is 338 g/mol. The Labute approximate surface area is 147 Å². The maximum atomic E-state index is 12.4. The summed E-state index contributed by atoms with van der Waals surface area (Å²) in [6.45, 7) is 6.64. The van der Waals surface area contributed by atoms with Gasteiger partial charge in [-0.15, -0.1) is 0 Å². The highest BCUT2D eigenvalue weighted by Crippen LogP contribution is 2.19. The van der Waals surface area contributed by atoms with E-state index in [1.54, 1.807) is 24.3 Å². The molecule has 0 aliphatic carbocycles. The normalized spacial score (nSPS) is 10.2. The minimum atomic E-state index is -0.296. The first-order valence-electron chi connectivity index (χ1n) is 8.04. The zero-order valence-electron chi connectivity index (χ0n) is 14.9. The van der Waals surface area contributed by atoms with Crippen molar-refractivity contribution in [2.75, 3.05) is 16.8 Å². The number of aryl methyl sites for hydroxylation is 2. The van der Waals surface area contributed by atoms with Crippen LogP contribution in [0.5, 0.6) is 0 Å². The lowest BCUT2D eigenvalue weighted by molar-refractivity contribution is -0.120. The molecule has 0 aliphatic rings. The Bertz CT molecular complexity index is 827. The van der Waals surface area contributed by atoms with E-state index in [2.05, 4.69) is 5.32 Å². The van der Waals surface area contributed by atoms with Gasteiger partial charge in [-0.25, -0.2) is 0 Å². The number of carbonyl (C=O) groups is 3. The minimum Gasteiger partial charge on any atom is -0.324 e. The van der Waals surface area contributed by atoms with Crippen molar-refractivity contribution in [3.05, 3.63) is 59.2 Å². The topological polar surface area (TPSA) is 66.5 Å². The van der Waals surface area contributed by atoms with Crippen molar-refractivity contribution in [3.63, 3.8) is 0 Å². The second kappa shape index (κ2) is 7.75. The second-order valence-electron chi connectivity index (χ2n) is 6.08. The highest BCUT2D eigenvalue weighted by Gasteiger charge is 2.17. The van der Waals surface area contributed by atoms with Crippen LogP contribution in [-0.4, -0.2) is 24.1 Å². The summed E-state index contributed by atoms with van der Waals surface area (Å²) >= 11 is 0. The van der Waals surface area contributed by atoms with Crippen LogP contribution in [-0.2, 0) is 9.59 Å². The third-order valence-electron chi connectivity index (χ3n) is 3.90. The summed E-state index contributed by atoms with van der Waals surface area (Å²) < 4.78 is 0. The monoisotopic (exact) mass is 338 g/mol. The Morgan fingerprint density at radius 3 is 2.32 bits per heavy atom. The van der Waals surface area contributed by atoms with E-state index in [1.165, 1.54) is 18.7 Å². The van der Waals surface area contributed by atoms with Crippen molar-refractivity contribution in [3.8, 4) is 0 Å². The molecule has 0 bridgehead atoms. The quantitative estimate of drug-likeness (QED) is 0.849. The highest BCUT2D eigenvalue weighted by molar-refractivity contribution is 6.03. The molecule has 2 rings (SSSR count). The summed E-state index contributed by atoms with van der Waals surface area (Å²) in [5.74, 6) is -0.656. The Hall–Kier alpha value is -2.95. The maximum absolute atomic E-state index is 12.4. The van der Waals surface area contributed by atoms with Gasteiger partial charge in [0.05, 0.1) is 0 Å². The molecule has 0 unspecified atom stereocenters. The van der Waals surface area contributed by atoms with Crippen LogP contribution in [0.1, 0.15) is 35.3 Å². The van der Waals surface area contributed by atoms with Crippen molar-refractivity contribution in [2.24, 2.45) is 0 Å². The molecule has 0 atom stereocenters. The molecular formula is C20H22N2O3. The van der Waals surface area contributed by atoms with Crippen molar-refractivity contribution < 1.29 is 14.4 Å². The van der Waals surface area contributed by atoms with Crippen LogP contribution in [0.4, 0.5) is 11.4 Å². The third kappa shape index (κ3) is 4.76. The first-order valence-corrected chi connectivity index (χ1v) is 8.04. The number of carbonyl (C=O) groups excluding carboxylic acids is 3. The van der Waals surface area contributed by atoms with Gasteiger partial charge in [0.1, 0.15) is 6.54 Å². The van der Waals surface area contributed by atoms with Crippen LogP contribution in [0.2, 0.25) is 0 Å². The van der Waals surface area contributed by atoms with Gasteiger partial charge in [0.25, 0.3) is 0 Å². The molecule has 5 heteroatoms. The Kier molecular flexibility index (Phi) is 5.70. The van der Waals surface area contributed by atoms with Crippen molar-refractivity contribution in [2.45, 2.75) is 27.7 Å². The lowest BCUT2D eigenvalue weighted by Crippen LogP contribution is -2.36. The van der Waals surface area contributed by atoms with Gasteiger partial charge in [-0.2, -0.15) is 0 Å². The van der Waals surface area contributed by atoms with Gasteiger partial charge in [-0.3, -0.25) is 14.4 Å². The molecule has 0 saturated heterocycles. The van der Waals surface area contributed by atoms with Gasteiger partial charge >= 0.3 is 0 Å². The lowest BCUT2D eigenvalue weighted by Gasteiger charge is -2.21. The number of hydrogen-bond donors (Lipinski definition) is 1. The van der Waals surface area contributed by atoms with Crippen molar-refractivity contribution >= 4 is 29.0 Å². The molecule has 130 valence electrons. The Balaban J connectivity index is 2.18. The number of ketones is 1. The molecule has 2 aromatic rings. The van der Waals surface area contributed by atoms with E-state index in [9.17, 15) is 14.4 Å². The first-order chi connectivity index (χ1) is 11.8. The molecule has 0 aromatic heterocycles. The predicted octanol–water partition coefficient (Wildman–Crippen LogP) is 3.50. The summed E-state index contributed by atoms with van der Waals surface area (Å²) in [4.78, 5) is 37.3. The van der Waals surface area contributed by atoms with Crippen LogP contribution in [0.3, 0.4) is 0 Å². The van der Waals surface area contributed by atoms with Crippen LogP contribution < -0.4 is 10.2 Å². The zero-order valence-corrected chi connectivity index (χ0v) is 14.9. The van der Waals surface area contributed by atoms with Crippen molar-refractivity contribution in [1.29, 1.82) is 0 Å². The number of nitrogens with zero attached hydrogens (tertiary/aromatic N) is 1. The highest BCUT2D eigenvalue weighted by atomic mass is 16.2. The standard InChI is InChI=1S/C20H22N2O3/c1-13-8-9-19(14(2)10-13)21-20(25)12-22(16(4)24)18-7-5-6-17(11-18)15(3)23/h5-11H,12H2,1-4H3,(H,21,25). The largest absolute Gasteiger partial charge is 0.324 e. The van der Waals surface area contributed by atoms with Gasteiger partial charge in [0.15, 0.2) is 5.78 Å². The summed E-state index contributed by atoms with van der Waals surface area (Å²) in [5, 5.41) is 2.83. The predicted molar refractivity (Wildman–Crippen MR) is 99.0 cm³/mol. The molecule has 0 fully saturated rings. The fourth-order valence-corrected chi connectivity index (χ4v) is 2.56. The number of nitrogens with one attached hydrogen (secondary N) is 1. The molecule has 0 heterocycles. The molecule has 0 aliphatic heterocycles. The fourth-order valence-electron chi connectivity index (χ4n) is 2.56. The maximum Gasteiger partial charge on any atom is 0.244 e. The SMILES string of the molecule is CC(=O)c1cccc(N(CC(=O)Nc2ccc(C)cc2C)C(C)=O)c1. The summed E-state index contributed by atoms with van der Waals surface area (Å²) in [6.07, 6.45) is 0. The molecule has 2 aromatic carbocycles. The van der Waals surface area contributed by atoms with E-state index in [0.29, 0.717) is 11.3 Å². The van der Waals surface area contributed by atoms with E-state index < -0.39 is 0 Å². The molecule has 25 heavy (non-hydrogen) atoms. The molecular weight excluding hydrogens is 316 g/mol. The number of anilines is 2. The molecule has 0 saturated carbocycles. The summed E-state index contributed by atoms with van der Waals surface area (Å²) in [6, 6.07) is 12.4. The van der Waals surface area contributed by atoms with Crippen molar-refractivity contribution in [1.82, 2.24) is 0 Å². The zero-order chi connectivity index (χ0) is 18.6. The number of hydrogen-bond acceptors (Lipinski definition) is 3. The molecule has 1 N–H and O–H groups in total. The second-order valence-corrected chi connectivity index (χ2v) is 6.08. The van der Waals surface area contributed by atoms with Crippen LogP contribution >= 0.6 is 0 Å². The minimum absolute atomic E-state index is 0.0925. The van der Waals surface area contributed by atoms with E-state index in [1.807, 2.05) is 32.0 Å². The van der Waals surface area contributed by atoms with Crippen LogP contribution in [0.15, 0.2) is 42.5 Å². The number of Topliss-reactive ketones (excluding diaryl/α,β-unsaturated/α-hetero) is 1. The number of amides is 2. The van der Waals surface area contributed by atoms with Gasteiger partial charge in [-0.05, 0) is 44.5 Å². The van der Waals surface area contributed by atoms with E-state index >= 15 is 0 Å². The van der Waals surface area contributed by atoms with Gasteiger partial charge < -0.3 is 10.2 Å². The first kappa shape index (κ1) is 18.4. The smallest absolute Gasteiger partial charge is 0.244 e. The van der Waals surface area contributed by atoms with Gasteiger partial charge in [-0.1, -0.05) is 29.8 Å². The Morgan fingerprint density at radius 1 is 1.00 bits per heavy atom. The Morgan fingerprint density at radius 2 is 1.72 bits per heavy atom. The van der Waals surface area contributed by atoms with E-state index in [0.717, 1.165) is 16.8 Å². The molecule has 2 amide bonds. The lowest BCUT2D eigenvalue weighted by atomic mass is 10.1. The molecule has 0 spiro atoms. The van der Waals surface area contributed by atoms with Crippen LogP contribution in [0.25, 0.3) is 0 Å². The summed E-state index contributed by atoms with van der Waals surface area (Å²) in [7, 11) is 0. The number of benzene rings is 2. The molecule has 0 radical (unpaired) electrons. The summed E-state index contributed by atoms with van der Waals surface area (Å²) in [5.41, 5.74) is 3.81. The van der Waals surface area contributed by atoms with E-state index in [4.69, 9.17) is 0 Å². The number of rotatable bonds is 5. The van der Waals surface area contributed by atoms with Gasteiger partial charge in [0, 0.05) is 23.9 Å². The van der Waals surface area contributed by atoms with Gasteiger partial charge in [0.2, 0.25) is 11.8 Å².